The minimum atomic E-state index is -0.741. The molecule has 0 bridgehead atoms. The summed E-state index contributed by atoms with van der Waals surface area (Å²) in [5, 5.41) is 13.2. The van der Waals surface area contributed by atoms with Crippen molar-refractivity contribution in [2.75, 3.05) is 37.6 Å². The second-order valence-electron chi connectivity index (χ2n) is 4.92. The van der Waals surface area contributed by atoms with Crippen LogP contribution in [0.5, 0.6) is 11.5 Å². The predicted octanol–water partition coefficient (Wildman–Crippen LogP) is 1.30. The van der Waals surface area contributed by atoms with Crippen LogP contribution < -0.4 is 20.5 Å². The Kier molecular flexibility index (Phi) is 5.19. The summed E-state index contributed by atoms with van der Waals surface area (Å²) in [5.41, 5.74) is 5.81. The minimum absolute atomic E-state index is 0.242. The van der Waals surface area contributed by atoms with Gasteiger partial charge in [-0.3, -0.25) is 4.99 Å². The van der Waals surface area contributed by atoms with Gasteiger partial charge in [0.2, 0.25) is 0 Å². The van der Waals surface area contributed by atoms with E-state index in [2.05, 4.69) is 10.3 Å². The van der Waals surface area contributed by atoms with Crippen LogP contribution in [-0.4, -0.2) is 48.9 Å². The summed E-state index contributed by atoms with van der Waals surface area (Å²) in [6.45, 7) is 0.297. The van der Waals surface area contributed by atoms with E-state index in [4.69, 9.17) is 15.2 Å². The van der Waals surface area contributed by atoms with Gasteiger partial charge in [0.05, 0.1) is 32.1 Å². The molecule has 1 aromatic rings. The quantitative estimate of drug-likeness (QED) is 0.561. The van der Waals surface area contributed by atoms with Gasteiger partial charge >= 0.3 is 0 Å². The average Bonchev–Trinajstić information content (AvgIpc) is 2.92. The largest absolute Gasteiger partial charge is 0.497 e. The molecule has 1 atom stereocenters. The molecule has 1 heterocycles. The normalized spacial score (nSPS) is 22.1. The summed E-state index contributed by atoms with van der Waals surface area (Å²) in [5.74, 6) is 3.24. The fourth-order valence-corrected chi connectivity index (χ4v) is 3.33. The monoisotopic (exact) mass is 311 g/mol. The molecule has 4 N–H and O–H groups in total. The molecule has 1 saturated heterocycles. The van der Waals surface area contributed by atoms with Gasteiger partial charge < -0.3 is 25.6 Å². The van der Waals surface area contributed by atoms with Gasteiger partial charge in [-0.2, -0.15) is 11.8 Å². The van der Waals surface area contributed by atoms with Crippen molar-refractivity contribution in [2.24, 2.45) is 10.7 Å². The van der Waals surface area contributed by atoms with Crippen LogP contribution in [0.25, 0.3) is 0 Å². The van der Waals surface area contributed by atoms with Crippen LogP contribution in [0.15, 0.2) is 23.2 Å². The van der Waals surface area contributed by atoms with Crippen LogP contribution in [-0.2, 0) is 0 Å². The number of anilines is 1. The third kappa shape index (κ3) is 4.18. The maximum atomic E-state index is 10.2. The molecule has 0 aromatic heterocycles. The minimum Gasteiger partial charge on any atom is -0.497 e. The highest BCUT2D eigenvalue weighted by Crippen LogP contribution is 2.29. The molecule has 1 unspecified atom stereocenters. The van der Waals surface area contributed by atoms with E-state index < -0.39 is 5.60 Å². The van der Waals surface area contributed by atoms with Gasteiger partial charge in [-0.05, 0) is 24.3 Å². The molecule has 2 rings (SSSR count). The van der Waals surface area contributed by atoms with Crippen molar-refractivity contribution in [1.29, 1.82) is 0 Å². The van der Waals surface area contributed by atoms with E-state index in [0.717, 1.165) is 12.2 Å². The summed E-state index contributed by atoms with van der Waals surface area (Å²) < 4.78 is 10.4. The summed E-state index contributed by atoms with van der Waals surface area (Å²) in [4.78, 5) is 4.23. The second-order valence-corrected chi connectivity index (χ2v) is 6.02. The molecular weight excluding hydrogens is 290 g/mol. The van der Waals surface area contributed by atoms with Gasteiger partial charge in [-0.25, -0.2) is 0 Å². The average molecular weight is 311 g/mol. The molecule has 1 aliphatic heterocycles. The van der Waals surface area contributed by atoms with E-state index in [-0.39, 0.29) is 5.96 Å². The zero-order chi connectivity index (χ0) is 15.3. The van der Waals surface area contributed by atoms with Gasteiger partial charge in [-0.15, -0.1) is 0 Å². The van der Waals surface area contributed by atoms with E-state index in [1.165, 1.54) is 0 Å². The Morgan fingerprint density at radius 3 is 2.90 bits per heavy atom. The van der Waals surface area contributed by atoms with E-state index >= 15 is 0 Å². The molecule has 1 aromatic carbocycles. The Balaban J connectivity index is 2.05. The topological polar surface area (TPSA) is 89.1 Å². The van der Waals surface area contributed by atoms with Gasteiger partial charge in [0.1, 0.15) is 11.5 Å². The smallest absolute Gasteiger partial charge is 0.193 e. The highest BCUT2D eigenvalue weighted by Gasteiger charge is 2.31. The molecule has 1 aliphatic rings. The number of rotatable bonds is 5. The lowest BCUT2D eigenvalue weighted by molar-refractivity contribution is 0.0780. The number of nitrogens with two attached hydrogens (primary N) is 1. The number of aliphatic imine (C=N–C) groups is 1. The fourth-order valence-electron chi connectivity index (χ4n) is 2.04. The van der Waals surface area contributed by atoms with Crippen molar-refractivity contribution in [3.8, 4) is 11.5 Å². The fraction of sp³-hybridized carbons (Fsp3) is 0.500. The first-order valence-corrected chi connectivity index (χ1v) is 7.81. The van der Waals surface area contributed by atoms with Crippen LogP contribution in [0.3, 0.4) is 0 Å². The zero-order valence-electron chi connectivity index (χ0n) is 12.3. The highest BCUT2D eigenvalue weighted by molar-refractivity contribution is 7.99. The maximum absolute atomic E-state index is 10.2. The van der Waals surface area contributed by atoms with Crippen LogP contribution in [0, 0.1) is 0 Å². The summed E-state index contributed by atoms with van der Waals surface area (Å²) in [7, 11) is 3.18. The Labute approximate surface area is 128 Å². The molecule has 6 nitrogen and oxygen atoms in total. The number of guanidine groups is 1. The molecule has 0 saturated carbocycles. The number of methoxy groups -OCH3 is 2. The number of benzene rings is 1. The summed E-state index contributed by atoms with van der Waals surface area (Å²) >= 11 is 1.73. The Bertz CT molecular complexity index is 516. The summed E-state index contributed by atoms with van der Waals surface area (Å²) in [6, 6.07) is 5.37. The lowest BCUT2D eigenvalue weighted by atomic mass is 10.1. The highest BCUT2D eigenvalue weighted by atomic mass is 32.2. The molecule has 0 aliphatic carbocycles. The molecule has 21 heavy (non-hydrogen) atoms. The first-order valence-electron chi connectivity index (χ1n) is 6.65. The number of nitrogens with zero attached hydrogens (tertiary/aromatic N) is 1. The molecular formula is C14H21N3O3S. The predicted molar refractivity (Wildman–Crippen MR) is 86.5 cm³/mol. The van der Waals surface area contributed by atoms with Crippen LogP contribution in [0.2, 0.25) is 0 Å². The van der Waals surface area contributed by atoms with Gasteiger partial charge in [-0.1, -0.05) is 0 Å². The van der Waals surface area contributed by atoms with Crippen LogP contribution in [0.4, 0.5) is 5.69 Å². The molecule has 116 valence electrons. The molecule has 7 heteroatoms. The van der Waals surface area contributed by atoms with Gasteiger partial charge in [0.25, 0.3) is 0 Å². The summed E-state index contributed by atoms with van der Waals surface area (Å²) in [6.07, 6.45) is 0.747. The van der Waals surface area contributed by atoms with Crippen molar-refractivity contribution in [3.63, 3.8) is 0 Å². The van der Waals surface area contributed by atoms with Gasteiger partial charge in [0.15, 0.2) is 5.96 Å². The number of ether oxygens (including phenoxy) is 2. The Morgan fingerprint density at radius 2 is 2.29 bits per heavy atom. The van der Waals surface area contributed by atoms with Crippen LogP contribution >= 0.6 is 11.8 Å². The first kappa shape index (κ1) is 15.8. The maximum Gasteiger partial charge on any atom is 0.193 e. The van der Waals surface area contributed by atoms with E-state index in [0.29, 0.717) is 29.5 Å². The van der Waals surface area contributed by atoms with Crippen molar-refractivity contribution >= 4 is 23.4 Å². The van der Waals surface area contributed by atoms with Gasteiger partial charge in [0, 0.05) is 11.8 Å². The van der Waals surface area contributed by atoms with E-state index in [1.54, 1.807) is 44.2 Å². The Hall–Kier alpha value is -1.60. The van der Waals surface area contributed by atoms with Crippen LogP contribution in [0.1, 0.15) is 6.42 Å². The Morgan fingerprint density at radius 1 is 1.48 bits per heavy atom. The van der Waals surface area contributed by atoms with Crippen molar-refractivity contribution < 1.29 is 14.6 Å². The van der Waals surface area contributed by atoms with E-state index in [9.17, 15) is 5.11 Å². The molecule has 0 spiro atoms. The second kappa shape index (κ2) is 6.91. The number of hydrogen-bond acceptors (Lipinski definition) is 5. The SMILES string of the molecule is COc1ccc(OC)c(NC(N)=NCC2(O)CCSC2)c1. The lowest BCUT2D eigenvalue weighted by Gasteiger charge is -2.19. The number of nitrogens with one attached hydrogen (secondary N) is 1. The van der Waals surface area contributed by atoms with Crippen molar-refractivity contribution in [1.82, 2.24) is 0 Å². The van der Waals surface area contributed by atoms with E-state index in [1.807, 2.05) is 0 Å². The number of aliphatic hydroxyl groups is 1. The molecule has 0 amide bonds. The van der Waals surface area contributed by atoms with Crippen molar-refractivity contribution in [2.45, 2.75) is 12.0 Å². The first-order chi connectivity index (χ1) is 10.1. The number of hydrogen-bond donors (Lipinski definition) is 3. The lowest BCUT2D eigenvalue weighted by Crippen LogP contribution is -2.34. The zero-order valence-corrected chi connectivity index (χ0v) is 13.1. The van der Waals surface area contributed by atoms with Crippen molar-refractivity contribution in [3.05, 3.63) is 18.2 Å². The third-order valence-corrected chi connectivity index (χ3v) is 4.53. The standard InChI is InChI=1S/C14H21N3O3S/c1-19-10-3-4-12(20-2)11(7-10)17-13(15)16-8-14(18)5-6-21-9-14/h3-4,7,18H,5-6,8-9H2,1-2H3,(H3,15,16,17). The third-order valence-electron chi connectivity index (χ3n) is 3.30. The molecule has 0 radical (unpaired) electrons. The number of thioether (sulfide) groups is 1. The molecule has 1 fully saturated rings.